The standard InChI is InChI=1S/C4H2Cl8OSi/c5-2(6)1-14(11,12)13-4(9,10)3(2,7)8/h1H2. The molecule has 10 heteroatoms. The van der Waals surface area contributed by atoms with Gasteiger partial charge < -0.3 is 4.43 Å². The van der Waals surface area contributed by atoms with E-state index in [1.807, 2.05) is 0 Å². The lowest BCUT2D eigenvalue weighted by Gasteiger charge is -2.48. The first kappa shape index (κ1) is 14.6. The van der Waals surface area contributed by atoms with Gasteiger partial charge in [0.15, 0.2) is 4.33 Å². The quantitative estimate of drug-likeness (QED) is 0.331. The van der Waals surface area contributed by atoms with Crippen LogP contribution in [0.5, 0.6) is 0 Å². The van der Waals surface area contributed by atoms with Gasteiger partial charge in [0.2, 0.25) is 8.85 Å². The van der Waals surface area contributed by atoms with Crippen molar-refractivity contribution in [1.82, 2.24) is 0 Å². The second-order valence-electron chi connectivity index (χ2n) is 2.71. The SMILES string of the molecule is ClC1(Cl)C[Si](Cl)(Cl)OC(Cl)(Cl)C1(Cl)Cl. The summed E-state index contributed by atoms with van der Waals surface area (Å²) >= 11 is 46.3. The molecule has 0 aliphatic carbocycles. The summed E-state index contributed by atoms with van der Waals surface area (Å²) < 4.78 is -0.665. The van der Waals surface area contributed by atoms with E-state index in [0.29, 0.717) is 0 Å². The summed E-state index contributed by atoms with van der Waals surface area (Å²) in [6, 6.07) is -0.111. The van der Waals surface area contributed by atoms with Crippen LogP contribution in [-0.4, -0.2) is 20.1 Å². The lowest BCUT2D eigenvalue weighted by atomic mass is 10.3. The monoisotopic (exact) mass is 374 g/mol. The van der Waals surface area contributed by atoms with Crippen molar-refractivity contribution >= 4 is 98.7 Å². The average Bonchev–Trinajstić information content (AvgIpc) is 1.77. The molecule has 0 N–H and O–H groups in total. The first-order valence-corrected chi connectivity index (χ1v) is 9.53. The van der Waals surface area contributed by atoms with Gasteiger partial charge in [-0.25, -0.2) is 0 Å². The highest BCUT2D eigenvalue weighted by atomic mass is 35.7. The predicted molar refractivity (Wildman–Crippen MR) is 66.7 cm³/mol. The normalized spacial score (nSPS) is 32.6. The molecule has 1 aliphatic heterocycles. The largest absolute Gasteiger partial charge is 0.394 e. The Kier molecular flexibility index (Phi) is 4.17. The fourth-order valence-corrected chi connectivity index (χ4v) is 8.71. The highest BCUT2D eigenvalue weighted by molar-refractivity contribution is 7.43. The molecule has 0 radical (unpaired) electrons. The highest BCUT2D eigenvalue weighted by Gasteiger charge is 2.70. The number of alkyl halides is 6. The first-order valence-electron chi connectivity index (χ1n) is 3.13. The van der Waals surface area contributed by atoms with Gasteiger partial charge in [0.1, 0.15) is 0 Å². The van der Waals surface area contributed by atoms with Crippen molar-refractivity contribution in [3.63, 3.8) is 0 Å². The molecule has 1 saturated heterocycles. The summed E-state index contributed by atoms with van der Waals surface area (Å²) in [5.74, 6) is 0. The lowest BCUT2D eigenvalue weighted by Crippen LogP contribution is -2.61. The molecule has 0 unspecified atom stereocenters. The number of hydrogen-bond acceptors (Lipinski definition) is 1. The fourth-order valence-electron chi connectivity index (χ4n) is 0.870. The molecule has 1 aliphatic rings. The molecule has 0 amide bonds. The Morgan fingerprint density at radius 2 is 1.36 bits per heavy atom. The van der Waals surface area contributed by atoms with E-state index < -0.39 is 20.1 Å². The summed E-state index contributed by atoms with van der Waals surface area (Å²) in [4.78, 5) is 0. The van der Waals surface area contributed by atoms with Gasteiger partial charge in [0, 0.05) is 6.04 Å². The topological polar surface area (TPSA) is 9.23 Å². The van der Waals surface area contributed by atoms with E-state index in [0.717, 1.165) is 0 Å². The van der Waals surface area contributed by atoms with Crippen molar-refractivity contribution in [3.8, 4) is 0 Å². The Labute approximate surface area is 121 Å². The lowest BCUT2D eigenvalue weighted by molar-refractivity contribution is 0.195. The Morgan fingerprint density at radius 1 is 0.929 bits per heavy atom. The molecule has 0 saturated carbocycles. The minimum Gasteiger partial charge on any atom is -0.357 e. The molecule has 1 heterocycles. The smallest absolute Gasteiger partial charge is 0.357 e. The van der Waals surface area contributed by atoms with Crippen LogP contribution in [0.3, 0.4) is 0 Å². The highest BCUT2D eigenvalue weighted by Crippen LogP contribution is 2.63. The summed E-state index contributed by atoms with van der Waals surface area (Å²) in [5, 5.41) is 0. The Balaban J connectivity index is 3.13. The zero-order chi connectivity index (χ0) is 11.4. The van der Waals surface area contributed by atoms with Gasteiger partial charge in [-0.1, -0.05) is 69.6 Å². The van der Waals surface area contributed by atoms with Crippen molar-refractivity contribution in [2.75, 3.05) is 0 Å². The van der Waals surface area contributed by atoms with Crippen LogP contribution >= 0.6 is 91.8 Å². The van der Waals surface area contributed by atoms with Crippen molar-refractivity contribution in [3.05, 3.63) is 0 Å². The molecular weight excluding hydrogens is 376 g/mol. The molecule has 0 spiro atoms. The number of hydrogen-bond donors (Lipinski definition) is 0. The Morgan fingerprint density at radius 3 is 1.71 bits per heavy atom. The van der Waals surface area contributed by atoms with Crippen LogP contribution in [0.2, 0.25) is 6.04 Å². The second kappa shape index (κ2) is 4.01. The Hall–Kier alpha value is 2.50. The summed E-state index contributed by atoms with van der Waals surface area (Å²) in [6.07, 6.45) is 0. The van der Waals surface area contributed by atoms with E-state index in [-0.39, 0.29) is 6.04 Å². The van der Waals surface area contributed by atoms with E-state index in [2.05, 4.69) is 0 Å². The minimum absolute atomic E-state index is 0.111. The maximum absolute atomic E-state index is 5.85. The molecule has 0 atom stereocenters. The van der Waals surface area contributed by atoms with E-state index >= 15 is 0 Å². The number of halogens is 8. The van der Waals surface area contributed by atoms with Gasteiger partial charge in [-0.05, 0) is 0 Å². The van der Waals surface area contributed by atoms with E-state index in [1.165, 1.54) is 0 Å². The van der Waals surface area contributed by atoms with Crippen LogP contribution in [0.25, 0.3) is 0 Å². The summed E-state index contributed by atoms with van der Waals surface area (Å²) in [7, 11) is 0. The van der Waals surface area contributed by atoms with Crippen LogP contribution in [-0.2, 0) is 4.43 Å². The molecule has 0 bridgehead atoms. The molecule has 1 rings (SSSR count). The second-order valence-corrected chi connectivity index (χ2v) is 12.9. The van der Waals surface area contributed by atoms with Gasteiger partial charge >= 0.3 is 6.94 Å². The molecule has 14 heavy (non-hydrogen) atoms. The maximum Gasteiger partial charge on any atom is 0.394 e. The molecule has 0 aromatic carbocycles. The molecule has 0 aromatic rings. The molecule has 84 valence electrons. The maximum atomic E-state index is 5.85. The molecule has 1 nitrogen and oxygen atoms in total. The van der Waals surface area contributed by atoms with Crippen molar-refractivity contribution in [2.24, 2.45) is 0 Å². The van der Waals surface area contributed by atoms with Gasteiger partial charge in [0.05, 0.1) is 0 Å². The number of rotatable bonds is 0. The van der Waals surface area contributed by atoms with E-state index in [1.54, 1.807) is 0 Å². The summed E-state index contributed by atoms with van der Waals surface area (Å²) in [5.41, 5.74) is 0. The summed E-state index contributed by atoms with van der Waals surface area (Å²) in [6.45, 7) is -3.20. The Bertz CT molecular complexity index is 228. The van der Waals surface area contributed by atoms with Crippen LogP contribution < -0.4 is 0 Å². The van der Waals surface area contributed by atoms with Crippen LogP contribution in [0.4, 0.5) is 0 Å². The van der Waals surface area contributed by atoms with Gasteiger partial charge in [-0.3, -0.25) is 0 Å². The molecular formula is C4H2Cl8OSi. The third kappa shape index (κ3) is 2.50. The minimum atomic E-state index is -3.20. The van der Waals surface area contributed by atoms with Crippen LogP contribution in [0.1, 0.15) is 0 Å². The van der Waals surface area contributed by atoms with Crippen LogP contribution in [0, 0.1) is 0 Å². The average molecular weight is 378 g/mol. The van der Waals surface area contributed by atoms with Crippen molar-refractivity contribution in [1.29, 1.82) is 0 Å². The zero-order valence-electron chi connectivity index (χ0n) is 6.14. The van der Waals surface area contributed by atoms with Gasteiger partial charge in [-0.2, -0.15) is 0 Å². The predicted octanol–water partition coefficient (Wildman–Crippen LogP) is 4.91. The van der Waals surface area contributed by atoms with Gasteiger partial charge in [0.25, 0.3) is 0 Å². The molecule has 0 aromatic heterocycles. The van der Waals surface area contributed by atoms with E-state index in [9.17, 15) is 0 Å². The zero-order valence-corrected chi connectivity index (χ0v) is 13.2. The molecule has 1 fully saturated rings. The first-order chi connectivity index (χ1) is 5.91. The van der Waals surface area contributed by atoms with Crippen LogP contribution in [0.15, 0.2) is 0 Å². The van der Waals surface area contributed by atoms with E-state index in [4.69, 9.17) is 96.2 Å². The third-order valence-electron chi connectivity index (χ3n) is 1.53. The van der Waals surface area contributed by atoms with Crippen molar-refractivity contribution in [2.45, 2.75) is 19.2 Å². The van der Waals surface area contributed by atoms with Gasteiger partial charge in [-0.15, -0.1) is 22.2 Å². The van der Waals surface area contributed by atoms with Crippen molar-refractivity contribution < 1.29 is 4.43 Å². The third-order valence-corrected chi connectivity index (χ3v) is 8.56. The fraction of sp³-hybridized carbons (Fsp3) is 1.00.